The predicted octanol–water partition coefficient (Wildman–Crippen LogP) is 12.5. The summed E-state index contributed by atoms with van der Waals surface area (Å²) in [5, 5.41) is 1.04. The van der Waals surface area contributed by atoms with Crippen molar-refractivity contribution in [2.75, 3.05) is 0 Å². The molecule has 3 nitrogen and oxygen atoms in total. The van der Waals surface area contributed by atoms with Gasteiger partial charge in [-0.1, -0.05) is 146 Å². The van der Waals surface area contributed by atoms with Gasteiger partial charge in [0.05, 0.1) is 11.2 Å². The molecule has 6 aromatic carbocycles. The lowest BCUT2D eigenvalue weighted by atomic mass is 9.85. The molecule has 1 unspecified atom stereocenters. The van der Waals surface area contributed by atoms with E-state index in [1.165, 1.54) is 33.4 Å². The van der Waals surface area contributed by atoms with E-state index in [1.807, 2.05) is 24.5 Å². The van der Waals surface area contributed by atoms with Gasteiger partial charge in [-0.15, -0.1) is 0 Å². The molecule has 0 radical (unpaired) electrons. The highest BCUT2D eigenvalue weighted by Gasteiger charge is 2.18. The van der Waals surface area contributed by atoms with E-state index in [2.05, 4.69) is 175 Å². The molecule has 0 N–H and O–H groups in total. The standard InChI is InChI=1S/C49H35N3/c1-4-12-34(13-5-1)41-25-26-46-47(32-41)51-49(52-48(46)38-16-8-3-9-17-38)45-30-43(35-14-6-2-7-15-35)29-44(31-45)37-23-21-36(22-24-37)39-18-10-19-40(28-39)42-20-11-27-50-33-42/h1-23,25-33,37H,24H2. The molecule has 8 aromatic rings. The van der Waals surface area contributed by atoms with Crippen LogP contribution in [-0.4, -0.2) is 15.0 Å². The van der Waals surface area contributed by atoms with Crippen LogP contribution in [0.15, 0.2) is 194 Å². The van der Waals surface area contributed by atoms with Crippen LogP contribution in [0.1, 0.15) is 23.5 Å². The fourth-order valence-electron chi connectivity index (χ4n) is 7.17. The SMILES string of the molecule is C1=CC(c2cc(-c3ccccc3)cc(-c3nc(-c4ccccc4)c4ccc(-c5ccccc5)cc4n3)c2)CC=C1c1cccc(-c2cccnc2)c1. The van der Waals surface area contributed by atoms with Crippen LogP contribution >= 0.6 is 0 Å². The second kappa shape index (κ2) is 13.9. The minimum atomic E-state index is 0.214. The highest BCUT2D eigenvalue weighted by molar-refractivity contribution is 5.96. The minimum absolute atomic E-state index is 0.214. The zero-order chi connectivity index (χ0) is 34.7. The Kier molecular flexibility index (Phi) is 8.36. The molecule has 1 aliphatic carbocycles. The molecule has 3 heteroatoms. The second-order valence-electron chi connectivity index (χ2n) is 13.3. The lowest BCUT2D eigenvalue weighted by Crippen LogP contribution is -2.01. The molecule has 1 atom stereocenters. The van der Waals surface area contributed by atoms with E-state index in [1.54, 1.807) is 0 Å². The normalized spacial score (nSPS) is 13.9. The van der Waals surface area contributed by atoms with Gasteiger partial charge in [0.15, 0.2) is 5.82 Å². The number of hydrogen-bond acceptors (Lipinski definition) is 3. The first-order chi connectivity index (χ1) is 25.7. The van der Waals surface area contributed by atoms with Crippen molar-refractivity contribution >= 4 is 16.5 Å². The monoisotopic (exact) mass is 665 g/mol. The molecule has 0 spiro atoms. The maximum Gasteiger partial charge on any atom is 0.160 e. The van der Waals surface area contributed by atoms with Gasteiger partial charge in [0.2, 0.25) is 0 Å². The lowest BCUT2D eigenvalue weighted by Gasteiger charge is -2.20. The Morgan fingerprint density at radius 2 is 1.10 bits per heavy atom. The molecule has 246 valence electrons. The van der Waals surface area contributed by atoms with Gasteiger partial charge >= 0.3 is 0 Å². The van der Waals surface area contributed by atoms with Gasteiger partial charge < -0.3 is 0 Å². The molecule has 0 amide bonds. The summed E-state index contributed by atoms with van der Waals surface area (Å²) in [5.74, 6) is 0.935. The van der Waals surface area contributed by atoms with Crippen molar-refractivity contribution in [1.29, 1.82) is 0 Å². The zero-order valence-corrected chi connectivity index (χ0v) is 28.6. The van der Waals surface area contributed by atoms with E-state index in [-0.39, 0.29) is 5.92 Å². The molecule has 0 bridgehead atoms. The summed E-state index contributed by atoms with van der Waals surface area (Å²) in [6.07, 6.45) is 11.6. The number of fused-ring (bicyclic) bond motifs is 1. The molecule has 2 heterocycles. The molecule has 9 rings (SSSR count). The van der Waals surface area contributed by atoms with Gasteiger partial charge in [-0.25, -0.2) is 9.97 Å². The first kappa shape index (κ1) is 31.3. The van der Waals surface area contributed by atoms with Crippen molar-refractivity contribution in [3.63, 3.8) is 0 Å². The highest BCUT2D eigenvalue weighted by atomic mass is 14.9. The fourth-order valence-corrected chi connectivity index (χ4v) is 7.17. The average molecular weight is 666 g/mol. The molecule has 52 heavy (non-hydrogen) atoms. The van der Waals surface area contributed by atoms with Crippen LogP contribution in [0.4, 0.5) is 0 Å². The van der Waals surface area contributed by atoms with E-state index in [0.29, 0.717) is 0 Å². The predicted molar refractivity (Wildman–Crippen MR) is 215 cm³/mol. The van der Waals surface area contributed by atoms with E-state index < -0.39 is 0 Å². The van der Waals surface area contributed by atoms with Crippen molar-refractivity contribution in [3.8, 4) is 56.0 Å². The van der Waals surface area contributed by atoms with Gasteiger partial charge in [-0.3, -0.25) is 4.98 Å². The van der Waals surface area contributed by atoms with Crippen molar-refractivity contribution in [1.82, 2.24) is 15.0 Å². The largest absolute Gasteiger partial charge is 0.264 e. The summed E-state index contributed by atoms with van der Waals surface area (Å²) in [5.41, 5.74) is 14.6. The van der Waals surface area contributed by atoms with E-state index in [0.717, 1.165) is 56.7 Å². The van der Waals surface area contributed by atoms with Gasteiger partial charge in [-0.05, 0) is 87.3 Å². The Morgan fingerprint density at radius 3 is 1.81 bits per heavy atom. The molecular weight excluding hydrogens is 631 g/mol. The Balaban J connectivity index is 1.13. The van der Waals surface area contributed by atoms with Crippen LogP contribution < -0.4 is 0 Å². The molecule has 1 aliphatic rings. The molecule has 0 saturated heterocycles. The summed E-state index contributed by atoms with van der Waals surface area (Å²) in [7, 11) is 0. The smallest absolute Gasteiger partial charge is 0.160 e. The number of hydrogen-bond donors (Lipinski definition) is 0. The summed E-state index contributed by atoms with van der Waals surface area (Å²) in [6, 6.07) is 57.8. The number of nitrogens with zero attached hydrogens (tertiary/aromatic N) is 3. The van der Waals surface area contributed by atoms with Gasteiger partial charge in [0.1, 0.15) is 0 Å². The van der Waals surface area contributed by atoms with Crippen LogP contribution in [-0.2, 0) is 0 Å². The van der Waals surface area contributed by atoms with Crippen LogP contribution in [0, 0.1) is 0 Å². The molecular formula is C49H35N3. The third kappa shape index (κ3) is 6.36. The number of rotatable bonds is 7. The van der Waals surface area contributed by atoms with E-state index >= 15 is 0 Å². The zero-order valence-electron chi connectivity index (χ0n) is 28.6. The van der Waals surface area contributed by atoms with Crippen molar-refractivity contribution in [3.05, 3.63) is 206 Å². The maximum absolute atomic E-state index is 5.30. The van der Waals surface area contributed by atoms with Gasteiger partial charge in [-0.2, -0.15) is 0 Å². The van der Waals surface area contributed by atoms with Crippen LogP contribution in [0.25, 0.3) is 72.5 Å². The number of aromatic nitrogens is 3. The Bertz CT molecular complexity index is 2570. The summed E-state index contributed by atoms with van der Waals surface area (Å²) in [6.45, 7) is 0. The van der Waals surface area contributed by atoms with Crippen molar-refractivity contribution in [2.45, 2.75) is 12.3 Å². The summed E-state index contributed by atoms with van der Waals surface area (Å²) < 4.78 is 0. The maximum atomic E-state index is 5.30. The first-order valence-corrected chi connectivity index (χ1v) is 17.8. The topological polar surface area (TPSA) is 38.7 Å². The fraction of sp³-hybridized carbons (Fsp3) is 0.0408. The third-order valence-electron chi connectivity index (χ3n) is 9.89. The van der Waals surface area contributed by atoms with Gasteiger partial charge in [0.25, 0.3) is 0 Å². The van der Waals surface area contributed by atoms with Crippen LogP contribution in [0.3, 0.4) is 0 Å². The minimum Gasteiger partial charge on any atom is -0.264 e. The molecule has 0 saturated carbocycles. The van der Waals surface area contributed by atoms with Crippen LogP contribution in [0.2, 0.25) is 0 Å². The first-order valence-electron chi connectivity index (χ1n) is 17.8. The summed E-state index contributed by atoms with van der Waals surface area (Å²) in [4.78, 5) is 14.9. The number of benzene rings is 6. The van der Waals surface area contributed by atoms with Gasteiger partial charge in [0, 0.05) is 40.4 Å². The van der Waals surface area contributed by atoms with E-state index in [9.17, 15) is 0 Å². The molecule has 0 aliphatic heterocycles. The molecule has 0 fully saturated rings. The number of pyridine rings is 1. The van der Waals surface area contributed by atoms with Crippen molar-refractivity contribution < 1.29 is 0 Å². The Morgan fingerprint density at radius 1 is 0.462 bits per heavy atom. The number of allylic oxidation sites excluding steroid dienone is 4. The quantitative estimate of drug-likeness (QED) is 0.170. The van der Waals surface area contributed by atoms with Crippen molar-refractivity contribution in [2.24, 2.45) is 0 Å². The third-order valence-corrected chi connectivity index (χ3v) is 9.89. The lowest BCUT2D eigenvalue weighted by molar-refractivity contribution is 0.857. The summed E-state index contributed by atoms with van der Waals surface area (Å²) >= 11 is 0. The Hall–Kier alpha value is -6.71. The van der Waals surface area contributed by atoms with Crippen LogP contribution in [0.5, 0.6) is 0 Å². The highest BCUT2D eigenvalue weighted by Crippen LogP contribution is 2.38. The second-order valence-corrected chi connectivity index (χ2v) is 13.3. The van der Waals surface area contributed by atoms with E-state index in [4.69, 9.17) is 9.97 Å². The molecule has 2 aromatic heterocycles. The average Bonchev–Trinajstić information content (AvgIpc) is 3.24. The Labute approximate surface area is 304 Å².